The highest BCUT2D eigenvalue weighted by Crippen LogP contribution is 2.37. The van der Waals surface area contributed by atoms with Crippen LogP contribution >= 0.6 is 19.4 Å². The number of aromatic nitrogens is 4. The molecule has 15 heteroatoms. The number of phosphoric ester groups is 1. The van der Waals surface area contributed by atoms with Crippen molar-refractivity contribution in [2.24, 2.45) is 0 Å². The Labute approximate surface area is 192 Å². The zero-order valence-corrected chi connectivity index (χ0v) is 18.9. The number of aromatic amines is 1. The highest BCUT2D eigenvalue weighted by atomic mass is 35.5. The quantitative estimate of drug-likeness (QED) is 0.229. The fourth-order valence-corrected chi connectivity index (χ4v) is 3.49. The van der Waals surface area contributed by atoms with Gasteiger partial charge in [-0.3, -0.25) is 4.52 Å². The molecule has 0 amide bonds. The van der Waals surface area contributed by atoms with Crippen LogP contribution in [-0.2, 0) is 20.4 Å². The molecule has 1 aliphatic heterocycles. The lowest BCUT2D eigenvalue weighted by Crippen LogP contribution is -2.34. The summed E-state index contributed by atoms with van der Waals surface area (Å²) in [6.45, 7) is 2.04. The van der Waals surface area contributed by atoms with E-state index in [4.69, 9.17) is 36.7 Å². The zero-order chi connectivity index (χ0) is 24.2. The average molecular weight is 504 g/mol. The van der Waals surface area contributed by atoms with E-state index in [1.165, 1.54) is 6.33 Å². The second kappa shape index (κ2) is 10.8. The molecule has 3 aromatic rings. The van der Waals surface area contributed by atoms with E-state index < -0.39 is 39.0 Å². The predicted molar refractivity (Wildman–Crippen MR) is 116 cm³/mol. The first-order valence-corrected chi connectivity index (χ1v) is 11.5. The van der Waals surface area contributed by atoms with Crippen LogP contribution in [0.15, 0.2) is 30.9 Å². The zero-order valence-electron chi connectivity index (χ0n) is 17.2. The summed E-state index contributed by atoms with van der Waals surface area (Å²) in [4.78, 5) is 32.1. The van der Waals surface area contributed by atoms with Gasteiger partial charge in [0.2, 0.25) is 0 Å². The molecular formula is C18H23ClN5O8P. The maximum absolute atomic E-state index is 10.3. The molecule has 1 aromatic carbocycles. The third-order valence-corrected chi connectivity index (χ3v) is 5.69. The molecule has 1 unspecified atom stereocenters. The minimum Gasteiger partial charge on any atom is -0.387 e. The van der Waals surface area contributed by atoms with E-state index in [1.54, 1.807) is 6.33 Å². The number of anilines is 1. The molecule has 7 N–H and O–H groups in total. The van der Waals surface area contributed by atoms with E-state index >= 15 is 0 Å². The molecule has 1 aliphatic rings. The average Bonchev–Trinajstić information content (AvgIpc) is 3.34. The second-order valence-corrected chi connectivity index (χ2v) is 8.68. The third kappa shape index (κ3) is 6.67. The molecule has 0 saturated carbocycles. The number of nitrogens with one attached hydrogen (secondary N) is 2. The monoisotopic (exact) mass is 503 g/mol. The van der Waals surface area contributed by atoms with Crippen LogP contribution in [-0.4, -0.2) is 76.3 Å². The van der Waals surface area contributed by atoms with Crippen molar-refractivity contribution >= 4 is 36.4 Å². The fraction of sp³-hybridized carbons (Fsp3) is 0.389. The van der Waals surface area contributed by atoms with Gasteiger partial charge in [-0.25, -0.2) is 19.5 Å². The number of benzene rings is 1. The summed E-state index contributed by atoms with van der Waals surface area (Å²) in [5.74, 6) is 0.738. The number of halogens is 1. The van der Waals surface area contributed by atoms with Crippen LogP contribution in [0.3, 0.4) is 0 Å². The minimum absolute atomic E-state index is 0.612. The Morgan fingerprint density at radius 2 is 1.97 bits per heavy atom. The maximum Gasteiger partial charge on any atom is 0.469 e. The summed E-state index contributed by atoms with van der Waals surface area (Å²) in [7, 11) is -4.64. The molecule has 3 heterocycles. The number of hydrogen-bond donors (Lipinski definition) is 7. The second-order valence-electron chi connectivity index (χ2n) is 7.03. The van der Waals surface area contributed by atoms with Gasteiger partial charge >= 0.3 is 7.82 Å². The number of hydrogen-bond acceptors (Lipinski definition) is 10. The number of aliphatic hydroxyl groups excluding tert-OH is 3. The van der Waals surface area contributed by atoms with Crippen LogP contribution in [0.2, 0.25) is 5.02 Å². The van der Waals surface area contributed by atoms with Crippen LogP contribution in [0.5, 0.6) is 0 Å². The van der Waals surface area contributed by atoms with E-state index in [0.717, 1.165) is 27.5 Å². The lowest BCUT2D eigenvalue weighted by atomic mass is 10.1. The Morgan fingerprint density at radius 1 is 1.21 bits per heavy atom. The van der Waals surface area contributed by atoms with Gasteiger partial charge < -0.3 is 40.1 Å². The van der Waals surface area contributed by atoms with Crippen LogP contribution in [0, 0.1) is 6.92 Å². The van der Waals surface area contributed by atoms with Gasteiger partial charge in [0.05, 0.1) is 12.9 Å². The summed E-state index contributed by atoms with van der Waals surface area (Å²) in [5, 5.41) is 31.1. The van der Waals surface area contributed by atoms with Gasteiger partial charge in [-0.2, -0.15) is 0 Å². The lowest BCUT2D eigenvalue weighted by Gasteiger charge is -2.14. The van der Waals surface area contributed by atoms with Gasteiger partial charge in [0, 0.05) is 11.6 Å². The molecule has 4 rings (SSSR count). The molecular weight excluding hydrogens is 481 g/mol. The molecule has 4 atom stereocenters. The Kier molecular flexibility index (Phi) is 8.34. The summed E-state index contributed by atoms with van der Waals surface area (Å²) < 4.78 is 18.9. The van der Waals surface area contributed by atoms with Crippen LogP contribution in [0.1, 0.15) is 11.1 Å². The molecule has 0 aliphatic carbocycles. The molecule has 2 aromatic heterocycles. The largest absolute Gasteiger partial charge is 0.469 e. The first-order chi connectivity index (χ1) is 15.6. The molecule has 180 valence electrons. The van der Waals surface area contributed by atoms with Crippen molar-refractivity contribution in [1.29, 1.82) is 0 Å². The highest BCUT2D eigenvalue weighted by Gasteiger charge is 2.42. The maximum atomic E-state index is 10.3. The topological polar surface area (TPSA) is 203 Å². The lowest BCUT2D eigenvalue weighted by molar-refractivity contribution is -0.132. The SMILES string of the molecule is Cc1c(Cl)cccc1CNc1ncnc2nc[nH]c12.O=P(O)(O)OC[C@H]1OC(O)[C@H](O)[C@@H]1O. The molecule has 33 heavy (non-hydrogen) atoms. The molecule has 0 radical (unpaired) electrons. The molecule has 0 bridgehead atoms. The standard InChI is InChI=1S/C13H12ClN5.C5H11O8P/c1-8-9(3-2-4-10(8)14)5-15-12-11-13(17-6-16-11)19-7-18-12;6-3-2(1-12-14(9,10)11)13-5(8)4(3)7/h2-4,6-7H,5H2,1H3,(H2,15,16,17,18,19);2-8H,1H2,(H2,9,10,11)/t;2-,3-,4-,5?/m.1/s1. The molecule has 13 nitrogen and oxygen atoms in total. The van der Waals surface area contributed by atoms with Gasteiger partial charge in [-0.15, -0.1) is 0 Å². The summed E-state index contributed by atoms with van der Waals surface area (Å²) in [6.07, 6.45) is -2.56. The normalized spacial score (nSPS) is 22.8. The minimum atomic E-state index is -4.64. The van der Waals surface area contributed by atoms with Gasteiger partial charge in [0.15, 0.2) is 17.8 Å². The van der Waals surface area contributed by atoms with Gasteiger partial charge in [0.1, 0.15) is 30.2 Å². The van der Waals surface area contributed by atoms with E-state index in [-0.39, 0.29) is 0 Å². The summed E-state index contributed by atoms with van der Waals surface area (Å²) >= 11 is 6.10. The van der Waals surface area contributed by atoms with Crippen molar-refractivity contribution in [3.8, 4) is 0 Å². The first-order valence-electron chi connectivity index (χ1n) is 9.58. The number of H-pyrrole nitrogens is 1. The predicted octanol–water partition coefficient (Wildman–Crippen LogP) is 0.462. The van der Waals surface area contributed by atoms with Crippen molar-refractivity contribution < 1.29 is 38.9 Å². The Morgan fingerprint density at radius 3 is 2.64 bits per heavy atom. The number of phosphoric acid groups is 1. The van der Waals surface area contributed by atoms with Gasteiger partial charge in [-0.05, 0) is 24.1 Å². The Hall–Kier alpha value is -2.19. The Bertz CT molecular complexity index is 1130. The van der Waals surface area contributed by atoms with Gasteiger partial charge in [0.25, 0.3) is 0 Å². The summed E-state index contributed by atoms with van der Waals surface area (Å²) in [5.41, 5.74) is 3.67. The molecule has 0 spiro atoms. The van der Waals surface area contributed by atoms with Crippen molar-refractivity contribution in [2.45, 2.75) is 38.1 Å². The number of rotatable bonds is 6. The van der Waals surface area contributed by atoms with Crippen molar-refractivity contribution in [1.82, 2.24) is 19.9 Å². The van der Waals surface area contributed by atoms with Crippen LogP contribution in [0.4, 0.5) is 5.82 Å². The number of imidazole rings is 1. The molecule has 1 fully saturated rings. The highest BCUT2D eigenvalue weighted by molar-refractivity contribution is 7.46. The van der Waals surface area contributed by atoms with Gasteiger partial charge in [-0.1, -0.05) is 23.7 Å². The smallest absolute Gasteiger partial charge is 0.387 e. The summed E-state index contributed by atoms with van der Waals surface area (Å²) in [6, 6.07) is 5.87. The van der Waals surface area contributed by atoms with Crippen molar-refractivity contribution in [2.75, 3.05) is 11.9 Å². The van der Waals surface area contributed by atoms with Crippen LogP contribution in [0.25, 0.3) is 11.2 Å². The number of fused-ring (bicyclic) bond motifs is 1. The molecule has 1 saturated heterocycles. The van der Waals surface area contributed by atoms with Crippen LogP contribution < -0.4 is 5.32 Å². The fourth-order valence-electron chi connectivity index (χ4n) is 2.96. The van der Waals surface area contributed by atoms with E-state index in [2.05, 4.69) is 34.5 Å². The third-order valence-electron chi connectivity index (χ3n) is 4.79. The van der Waals surface area contributed by atoms with E-state index in [9.17, 15) is 4.57 Å². The Balaban J connectivity index is 0.000000196. The number of nitrogens with zero attached hydrogens (tertiary/aromatic N) is 3. The number of aliphatic hydroxyl groups is 3. The first kappa shape index (κ1) is 25.4. The van der Waals surface area contributed by atoms with E-state index in [0.29, 0.717) is 12.2 Å². The van der Waals surface area contributed by atoms with Crippen molar-refractivity contribution in [3.05, 3.63) is 47.0 Å². The number of ether oxygens (including phenoxy) is 1. The van der Waals surface area contributed by atoms with Crippen molar-refractivity contribution in [3.63, 3.8) is 0 Å². The van der Waals surface area contributed by atoms with E-state index in [1.807, 2.05) is 25.1 Å².